The zero-order chi connectivity index (χ0) is 15.3. The van der Waals surface area contributed by atoms with Gasteiger partial charge in [-0.05, 0) is 32.4 Å². The van der Waals surface area contributed by atoms with Gasteiger partial charge in [-0.2, -0.15) is 0 Å². The first-order chi connectivity index (χ1) is 10.5. The van der Waals surface area contributed by atoms with Gasteiger partial charge in [0.25, 0.3) is 0 Å². The number of fused-ring (bicyclic) bond motifs is 2. The molecule has 5 heteroatoms. The highest BCUT2D eigenvalue weighted by Gasteiger charge is 2.53. The van der Waals surface area contributed by atoms with E-state index < -0.39 is 24.3 Å². The molecule has 1 aromatic heterocycles. The van der Waals surface area contributed by atoms with Crippen molar-refractivity contribution < 1.29 is 23.7 Å². The number of benzene rings is 1. The summed E-state index contributed by atoms with van der Waals surface area (Å²) in [5.41, 5.74) is 0.885. The minimum Gasteiger partial charge on any atom is -0.461 e. The molecule has 5 nitrogen and oxygen atoms in total. The molecule has 1 N–H and O–H groups in total. The van der Waals surface area contributed by atoms with Crippen LogP contribution in [0, 0.1) is 0 Å². The normalized spacial score (nSPS) is 33.4. The molecule has 22 heavy (non-hydrogen) atoms. The van der Waals surface area contributed by atoms with Crippen LogP contribution in [-0.4, -0.2) is 35.5 Å². The zero-order valence-electron chi connectivity index (χ0n) is 12.7. The van der Waals surface area contributed by atoms with E-state index in [0.717, 1.165) is 16.7 Å². The minimum absolute atomic E-state index is 0.292. The zero-order valence-corrected chi connectivity index (χ0v) is 12.7. The summed E-state index contributed by atoms with van der Waals surface area (Å²) in [4.78, 5) is 0. The second-order valence-corrected chi connectivity index (χ2v) is 6.42. The summed E-state index contributed by atoms with van der Waals surface area (Å²) in [7, 11) is 0. The Morgan fingerprint density at radius 3 is 2.77 bits per heavy atom. The van der Waals surface area contributed by atoms with Crippen LogP contribution in [0.25, 0.3) is 11.0 Å². The number of aliphatic hydroxyl groups is 1. The number of rotatable bonds is 3. The van der Waals surface area contributed by atoms with Crippen LogP contribution in [-0.2, 0) is 20.6 Å². The molecule has 4 atom stereocenters. The summed E-state index contributed by atoms with van der Waals surface area (Å²) in [6.07, 6.45) is -0.475. The Morgan fingerprint density at radius 2 is 2.00 bits per heavy atom. The molecule has 0 amide bonds. The van der Waals surface area contributed by atoms with Gasteiger partial charge in [0.2, 0.25) is 0 Å². The molecular weight excluding hydrogens is 284 g/mol. The number of ether oxygens (including phenoxy) is 3. The van der Waals surface area contributed by atoms with E-state index in [1.807, 2.05) is 44.2 Å². The lowest BCUT2D eigenvalue weighted by Gasteiger charge is -2.22. The van der Waals surface area contributed by atoms with Crippen LogP contribution in [0.4, 0.5) is 0 Å². The molecule has 1 aromatic carbocycles. The molecule has 2 aliphatic rings. The highest BCUT2D eigenvalue weighted by molar-refractivity contribution is 5.77. The summed E-state index contributed by atoms with van der Waals surface area (Å²) in [5, 5.41) is 11.4. The van der Waals surface area contributed by atoms with Crippen molar-refractivity contribution in [3.05, 3.63) is 36.1 Å². The van der Waals surface area contributed by atoms with E-state index >= 15 is 0 Å². The average molecular weight is 304 g/mol. The molecule has 2 aliphatic heterocycles. The van der Waals surface area contributed by atoms with E-state index in [1.165, 1.54) is 0 Å². The van der Waals surface area contributed by atoms with Crippen molar-refractivity contribution in [3.63, 3.8) is 0 Å². The largest absolute Gasteiger partial charge is 0.461 e. The van der Waals surface area contributed by atoms with E-state index in [9.17, 15) is 5.11 Å². The van der Waals surface area contributed by atoms with E-state index in [4.69, 9.17) is 18.6 Å². The third-order valence-electron chi connectivity index (χ3n) is 4.27. The second kappa shape index (κ2) is 5.06. The van der Waals surface area contributed by atoms with E-state index in [1.54, 1.807) is 0 Å². The fourth-order valence-corrected chi connectivity index (χ4v) is 3.24. The summed E-state index contributed by atoms with van der Waals surface area (Å²) in [5.74, 6) is 0.205. The van der Waals surface area contributed by atoms with Crippen molar-refractivity contribution in [2.45, 2.75) is 57.1 Å². The van der Waals surface area contributed by atoms with Crippen LogP contribution < -0.4 is 0 Å². The first-order valence-electron chi connectivity index (χ1n) is 7.68. The maximum absolute atomic E-state index is 10.3. The van der Waals surface area contributed by atoms with Crippen LogP contribution in [0.15, 0.2) is 34.7 Å². The molecule has 0 radical (unpaired) electrons. The molecule has 0 bridgehead atoms. The van der Waals surface area contributed by atoms with Crippen molar-refractivity contribution in [2.75, 3.05) is 0 Å². The Kier molecular flexibility index (Phi) is 3.27. The smallest absolute Gasteiger partial charge is 0.190 e. The van der Waals surface area contributed by atoms with Crippen molar-refractivity contribution >= 4 is 11.0 Å². The first kappa shape index (κ1) is 14.2. The topological polar surface area (TPSA) is 61.1 Å². The van der Waals surface area contributed by atoms with E-state index in [-0.39, 0.29) is 6.10 Å². The van der Waals surface area contributed by atoms with Crippen LogP contribution >= 0.6 is 0 Å². The number of furan rings is 1. The van der Waals surface area contributed by atoms with Gasteiger partial charge in [0.05, 0.1) is 6.10 Å². The van der Waals surface area contributed by atoms with Gasteiger partial charge < -0.3 is 23.7 Å². The molecule has 0 aliphatic carbocycles. The SMILES string of the molecule is CC1(C)O[C@H]2O[C@H](CCc3cc4ccccc4o3)[C@H](O)[C@H]2O1. The molecule has 2 saturated heterocycles. The van der Waals surface area contributed by atoms with Gasteiger partial charge >= 0.3 is 0 Å². The summed E-state index contributed by atoms with van der Waals surface area (Å²) >= 11 is 0. The molecular formula is C17H20O5. The third-order valence-corrected chi connectivity index (χ3v) is 4.27. The van der Waals surface area contributed by atoms with Crippen molar-refractivity contribution in [2.24, 2.45) is 0 Å². The number of para-hydroxylation sites is 1. The Morgan fingerprint density at radius 1 is 1.18 bits per heavy atom. The summed E-state index contributed by atoms with van der Waals surface area (Å²) in [6.45, 7) is 3.65. The predicted octanol–water partition coefficient (Wildman–Crippen LogP) is 2.60. The Balaban J connectivity index is 1.40. The third kappa shape index (κ3) is 2.44. The highest BCUT2D eigenvalue weighted by atomic mass is 16.8. The van der Waals surface area contributed by atoms with Crippen molar-refractivity contribution in [3.8, 4) is 0 Å². The van der Waals surface area contributed by atoms with Crippen molar-refractivity contribution in [1.82, 2.24) is 0 Å². The molecule has 4 rings (SSSR count). The van der Waals surface area contributed by atoms with E-state index in [0.29, 0.717) is 12.8 Å². The van der Waals surface area contributed by atoms with Gasteiger partial charge in [-0.25, -0.2) is 0 Å². The molecule has 0 unspecified atom stereocenters. The summed E-state index contributed by atoms with van der Waals surface area (Å²) in [6, 6.07) is 9.96. The lowest BCUT2D eigenvalue weighted by molar-refractivity contribution is -0.215. The van der Waals surface area contributed by atoms with Gasteiger partial charge in [0, 0.05) is 11.8 Å². The van der Waals surface area contributed by atoms with E-state index in [2.05, 4.69) is 0 Å². The number of hydrogen-bond donors (Lipinski definition) is 1. The average Bonchev–Trinajstić information content (AvgIpc) is 3.09. The molecule has 0 saturated carbocycles. The minimum atomic E-state index is -0.694. The predicted molar refractivity (Wildman–Crippen MR) is 79.2 cm³/mol. The van der Waals surface area contributed by atoms with Crippen molar-refractivity contribution in [1.29, 1.82) is 0 Å². The standard InChI is InChI=1S/C17H20O5/c1-17(2)21-15-14(18)13(20-16(15)22-17)8-7-11-9-10-5-3-4-6-12(10)19-11/h3-6,9,13-16,18H,7-8H2,1-2H3/t13-,14+,15-,16-/m1/s1. The molecule has 2 aromatic rings. The van der Waals surface area contributed by atoms with Gasteiger partial charge in [0.15, 0.2) is 12.1 Å². The van der Waals surface area contributed by atoms with Crippen LogP contribution in [0.2, 0.25) is 0 Å². The van der Waals surface area contributed by atoms with Gasteiger partial charge in [-0.1, -0.05) is 18.2 Å². The molecule has 2 fully saturated rings. The molecule has 3 heterocycles. The fourth-order valence-electron chi connectivity index (χ4n) is 3.24. The number of aliphatic hydroxyl groups excluding tert-OH is 1. The lowest BCUT2D eigenvalue weighted by atomic mass is 10.1. The number of aryl methyl sites for hydroxylation is 1. The lowest BCUT2D eigenvalue weighted by Crippen LogP contribution is -2.34. The quantitative estimate of drug-likeness (QED) is 0.944. The monoisotopic (exact) mass is 304 g/mol. The van der Waals surface area contributed by atoms with Gasteiger partial charge in [-0.3, -0.25) is 0 Å². The Hall–Kier alpha value is -1.40. The maximum Gasteiger partial charge on any atom is 0.190 e. The molecule has 0 spiro atoms. The van der Waals surface area contributed by atoms with Crippen LogP contribution in [0.5, 0.6) is 0 Å². The van der Waals surface area contributed by atoms with Gasteiger partial charge in [0.1, 0.15) is 23.6 Å². The van der Waals surface area contributed by atoms with Gasteiger partial charge in [-0.15, -0.1) is 0 Å². The van der Waals surface area contributed by atoms with Crippen LogP contribution in [0.3, 0.4) is 0 Å². The second-order valence-electron chi connectivity index (χ2n) is 6.42. The summed E-state index contributed by atoms with van der Waals surface area (Å²) < 4.78 is 22.9. The maximum atomic E-state index is 10.3. The first-order valence-corrected chi connectivity index (χ1v) is 7.68. The highest BCUT2D eigenvalue weighted by Crippen LogP contribution is 2.38. The Labute approximate surface area is 128 Å². The van der Waals surface area contributed by atoms with Crippen LogP contribution in [0.1, 0.15) is 26.0 Å². The molecule has 118 valence electrons. The Bertz CT molecular complexity index is 643. The fraction of sp³-hybridized carbons (Fsp3) is 0.529. The number of hydrogen-bond acceptors (Lipinski definition) is 5.